The van der Waals surface area contributed by atoms with Crippen LogP contribution in [0.2, 0.25) is 0 Å². The molecular formula is C13H16BrN3O2. The third-order valence-corrected chi connectivity index (χ3v) is 3.88. The van der Waals surface area contributed by atoms with Crippen molar-refractivity contribution in [3.63, 3.8) is 0 Å². The van der Waals surface area contributed by atoms with Gasteiger partial charge in [-0.15, -0.1) is 0 Å². The molecule has 2 rings (SSSR count). The molecule has 0 aromatic carbocycles. The van der Waals surface area contributed by atoms with Gasteiger partial charge in [0.25, 0.3) is 0 Å². The second-order valence-corrected chi connectivity index (χ2v) is 5.05. The van der Waals surface area contributed by atoms with Gasteiger partial charge in [-0.3, -0.25) is 9.48 Å². The van der Waals surface area contributed by atoms with Gasteiger partial charge in [-0.2, -0.15) is 5.10 Å². The summed E-state index contributed by atoms with van der Waals surface area (Å²) in [6.45, 7) is 2.32. The fraction of sp³-hybridized carbons (Fsp3) is 0.385. The summed E-state index contributed by atoms with van der Waals surface area (Å²) in [5.74, 6) is 0.874. The zero-order chi connectivity index (χ0) is 14.0. The van der Waals surface area contributed by atoms with Crippen molar-refractivity contribution in [3.8, 4) is 0 Å². The van der Waals surface area contributed by atoms with E-state index in [9.17, 15) is 4.79 Å². The van der Waals surface area contributed by atoms with E-state index in [1.54, 1.807) is 16.8 Å². The predicted octanol–water partition coefficient (Wildman–Crippen LogP) is 2.22. The number of rotatable bonds is 5. The van der Waals surface area contributed by atoms with Crippen LogP contribution >= 0.6 is 15.9 Å². The highest BCUT2D eigenvalue weighted by molar-refractivity contribution is 9.10. The summed E-state index contributed by atoms with van der Waals surface area (Å²) in [6.07, 6.45) is 1.07. The highest BCUT2D eigenvalue weighted by Gasteiger charge is 2.18. The Labute approximate surface area is 119 Å². The summed E-state index contributed by atoms with van der Waals surface area (Å²) >= 11 is 3.50. The molecule has 2 N–H and O–H groups in total. The number of hydrogen-bond acceptors (Lipinski definition) is 4. The molecule has 0 fully saturated rings. The molecule has 0 spiro atoms. The zero-order valence-corrected chi connectivity index (χ0v) is 12.5. The van der Waals surface area contributed by atoms with E-state index in [0.29, 0.717) is 18.1 Å². The third-order valence-electron chi connectivity index (χ3n) is 2.97. The van der Waals surface area contributed by atoms with E-state index in [4.69, 9.17) is 10.2 Å². The number of carbonyl (C=O) groups is 1. The molecule has 0 unspecified atom stereocenters. The summed E-state index contributed by atoms with van der Waals surface area (Å²) in [4.78, 5) is 12.1. The Balaban J connectivity index is 2.21. The van der Waals surface area contributed by atoms with Crippen LogP contribution in [0.4, 0.5) is 0 Å². The lowest BCUT2D eigenvalue weighted by atomic mass is 10.1. The van der Waals surface area contributed by atoms with Crippen LogP contribution in [0.15, 0.2) is 21.0 Å². The first-order valence-corrected chi connectivity index (χ1v) is 6.88. The number of nitrogens with two attached hydrogens (primary N) is 1. The van der Waals surface area contributed by atoms with Gasteiger partial charge in [0.2, 0.25) is 5.78 Å². The highest BCUT2D eigenvalue weighted by Crippen LogP contribution is 2.23. The van der Waals surface area contributed by atoms with Gasteiger partial charge in [0.05, 0.1) is 28.8 Å². The van der Waals surface area contributed by atoms with E-state index < -0.39 is 0 Å². The molecule has 0 aliphatic heterocycles. The number of carbonyl (C=O) groups excluding carboxylic acids is 1. The number of Topliss-reactive ketones (excluding diaryl/α,β-unsaturated/α-hetero) is 1. The van der Waals surface area contributed by atoms with Crippen LogP contribution in [0.25, 0.3) is 0 Å². The Morgan fingerprint density at radius 3 is 2.79 bits per heavy atom. The SMILES string of the molecule is CCc1nn(C)c(CC(=O)c2ccc(CN)o2)c1Br. The van der Waals surface area contributed by atoms with E-state index in [1.807, 2.05) is 14.0 Å². The number of furan rings is 1. The van der Waals surface area contributed by atoms with Gasteiger partial charge in [-0.05, 0) is 34.5 Å². The van der Waals surface area contributed by atoms with Gasteiger partial charge in [-0.25, -0.2) is 0 Å². The van der Waals surface area contributed by atoms with Crippen molar-refractivity contribution in [3.05, 3.63) is 39.5 Å². The van der Waals surface area contributed by atoms with Gasteiger partial charge >= 0.3 is 0 Å². The number of halogens is 1. The summed E-state index contributed by atoms with van der Waals surface area (Å²) in [5.41, 5.74) is 7.26. The minimum absolute atomic E-state index is 0.0777. The van der Waals surface area contributed by atoms with Gasteiger partial charge in [0, 0.05) is 7.05 Å². The Morgan fingerprint density at radius 2 is 2.26 bits per heavy atom. The second-order valence-electron chi connectivity index (χ2n) is 4.25. The molecule has 0 bridgehead atoms. The summed E-state index contributed by atoms with van der Waals surface area (Å²) in [5, 5.41) is 4.36. The largest absolute Gasteiger partial charge is 0.457 e. The first-order valence-electron chi connectivity index (χ1n) is 6.09. The molecule has 2 heterocycles. The molecule has 0 aliphatic rings. The molecule has 2 aromatic heterocycles. The molecule has 6 heteroatoms. The van der Waals surface area contributed by atoms with Crippen LogP contribution in [0.1, 0.15) is 34.6 Å². The lowest BCUT2D eigenvalue weighted by Crippen LogP contribution is -2.07. The molecule has 0 amide bonds. The minimum atomic E-state index is -0.0777. The molecule has 0 saturated carbocycles. The fourth-order valence-corrected chi connectivity index (χ4v) is 2.65. The van der Waals surface area contributed by atoms with E-state index >= 15 is 0 Å². The smallest absolute Gasteiger partial charge is 0.203 e. The van der Waals surface area contributed by atoms with Crippen LogP contribution in [0.5, 0.6) is 0 Å². The van der Waals surface area contributed by atoms with Crippen LogP contribution in [0.3, 0.4) is 0 Å². The molecular weight excluding hydrogens is 310 g/mol. The van der Waals surface area contributed by atoms with Crippen LogP contribution in [-0.4, -0.2) is 15.6 Å². The van der Waals surface area contributed by atoms with Crippen molar-refractivity contribution in [1.82, 2.24) is 9.78 Å². The second kappa shape index (κ2) is 5.71. The average molecular weight is 326 g/mol. The highest BCUT2D eigenvalue weighted by atomic mass is 79.9. The molecule has 2 aromatic rings. The van der Waals surface area contributed by atoms with E-state index in [2.05, 4.69) is 21.0 Å². The minimum Gasteiger partial charge on any atom is -0.457 e. The van der Waals surface area contributed by atoms with Gasteiger partial charge in [0.1, 0.15) is 5.76 Å². The average Bonchev–Trinajstić information content (AvgIpc) is 2.98. The molecule has 0 aliphatic carbocycles. The van der Waals surface area contributed by atoms with Crippen molar-refractivity contribution < 1.29 is 9.21 Å². The maximum Gasteiger partial charge on any atom is 0.203 e. The van der Waals surface area contributed by atoms with Crippen LogP contribution in [-0.2, 0) is 26.4 Å². The van der Waals surface area contributed by atoms with E-state index in [1.165, 1.54) is 0 Å². The molecule has 0 radical (unpaired) electrons. The molecule has 19 heavy (non-hydrogen) atoms. The van der Waals surface area contributed by atoms with Crippen molar-refractivity contribution in [2.75, 3.05) is 0 Å². The standard InChI is InChI=1S/C13H16BrN3O2/c1-3-9-13(14)10(17(2)16-9)6-11(18)12-5-4-8(7-15)19-12/h4-5H,3,6-7,15H2,1-2H3. The van der Waals surface area contributed by atoms with Crippen LogP contribution < -0.4 is 5.73 Å². The maximum absolute atomic E-state index is 12.1. The zero-order valence-electron chi connectivity index (χ0n) is 10.9. The molecule has 102 valence electrons. The Kier molecular flexibility index (Phi) is 4.21. The fourth-order valence-electron chi connectivity index (χ4n) is 1.89. The summed E-state index contributed by atoms with van der Waals surface area (Å²) in [7, 11) is 1.83. The number of ketones is 1. The molecule has 0 atom stereocenters. The van der Waals surface area contributed by atoms with Crippen molar-refractivity contribution in [2.45, 2.75) is 26.3 Å². The normalized spacial score (nSPS) is 10.9. The third kappa shape index (κ3) is 2.79. The van der Waals surface area contributed by atoms with Crippen molar-refractivity contribution in [1.29, 1.82) is 0 Å². The van der Waals surface area contributed by atoms with Gasteiger partial charge in [0.15, 0.2) is 5.76 Å². The van der Waals surface area contributed by atoms with Crippen molar-refractivity contribution in [2.24, 2.45) is 12.8 Å². The number of hydrogen-bond donors (Lipinski definition) is 1. The number of aryl methyl sites for hydroxylation is 2. The predicted molar refractivity (Wildman–Crippen MR) is 74.9 cm³/mol. The molecule has 0 saturated heterocycles. The number of nitrogens with zero attached hydrogens (tertiary/aromatic N) is 2. The van der Waals surface area contributed by atoms with Crippen LogP contribution in [0, 0.1) is 0 Å². The quantitative estimate of drug-likeness (QED) is 0.855. The lowest BCUT2D eigenvalue weighted by molar-refractivity contribution is 0.0962. The monoisotopic (exact) mass is 325 g/mol. The van der Waals surface area contributed by atoms with Crippen molar-refractivity contribution >= 4 is 21.7 Å². The van der Waals surface area contributed by atoms with E-state index in [-0.39, 0.29) is 12.2 Å². The van der Waals surface area contributed by atoms with Gasteiger partial charge in [-0.1, -0.05) is 6.92 Å². The summed E-state index contributed by atoms with van der Waals surface area (Å²) < 4.78 is 7.99. The Bertz CT molecular complexity index is 601. The summed E-state index contributed by atoms with van der Waals surface area (Å²) in [6, 6.07) is 3.39. The Morgan fingerprint density at radius 1 is 1.53 bits per heavy atom. The van der Waals surface area contributed by atoms with E-state index in [0.717, 1.165) is 22.3 Å². The Hall–Kier alpha value is -1.40. The molecule has 5 nitrogen and oxygen atoms in total. The van der Waals surface area contributed by atoms with Gasteiger partial charge < -0.3 is 10.2 Å². The number of aromatic nitrogens is 2. The first-order chi connectivity index (χ1) is 9.06. The first kappa shape index (κ1) is 14.0. The lowest BCUT2D eigenvalue weighted by Gasteiger charge is -2.00. The maximum atomic E-state index is 12.1. The topological polar surface area (TPSA) is 74.0 Å².